The molecule has 1 atom stereocenters. The smallest absolute Gasteiger partial charge is 0.339 e. The maximum atomic E-state index is 12.2. The largest absolute Gasteiger partial charge is 0.507 e. The van der Waals surface area contributed by atoms with Crippen LogP contribution in [0.3, 0.4) is 0 Å². The first-order valence-electron chi connectivity index (χ1n) is 6.43. The molecule has 1 heterocycles. The molecule has 0 aromatic heterocycles. The molecular formula is C13H17NO5S2. The minimum Gasteiger partial charge on any atom is -0.507 e. The van der Waals surface area contributed by atoms with Crippen LogP contribution in [0.4, 0.5) is 0 Å². The summed E-state index contributed by atoms with van der Waals surface area (Å²) in [6.07, 6.45) is 2.00. The van der Waals surface area contributed by atoms with Gasteiger partial charge in [0.25, 0.3) is 0 Å². The summed E-state index contributed by atoms with van der Waals surface area (Å²) in [7, 11) is -3.80. The van der Waals surface area contributed by atoms with Crippen LogP contribution in [-0.2, 0) is 10.0 Å². The van der Waals surface area contributed by atoms with Crippen LogP contribution in [0.15, 0.2) is 23.1 Å². The van der Waals surface area contributed by atoms with Crippen LogP contribution >= 0.6 is 11.8 Å². The standard InChI is InChI=1S/C13H17NO5S2/c1-13(5-2-6-20-13)8-14-21(18,19)9-3-4-11(15)10(7-9)12(16)17/h3-4,7,14-15H,2,5-6,8H2,1H3,(H,16,17). The number of carbonyl (C=O) groups is 1. The zero-order valence-electron chi connectivity index (χ0n) is 11.5. The van der Waals surface area contributed by atoms with E-state index in [-0.39, 0.29) is 9.64 Å². The molecule has 0 radical (unpaired) electrons. The van der Waals surface area contributed by atoms with E-state index in [0.717, 1.165) is 30.7 Å². The number of rotatable bonds is 5. The lowest BCUT2D eigenvalue weighted by Gasteiger charge is -2.22. The maximum absolute atomic E-state index is 12.2. The highest BCUT2D eigenvalue weighted by molar-refractivity contribution is 8.01. The van der Waals surface area contributed by atoms with Crippen LogP contribution in [0.2, 0.25) is 0 Å². The van der Waals surface area contributed by atoms with Crippen LogP contribution in [0, 0.1) is 0 Å². The molecule has 0 bridgehead atoms. The van der Waals surface area contributed by atoms with Crippen LogP contribution in [-0.4, -0.2) is 41.6 Å². The molecule has 21 heavy (non-hydrogen) atoms. The Labute approximate surface area is 127 Å². The van der Waals surface area contributed by atoms with Crippen molar-refractivity contribution < 1.29 is 23.4 Å². The number of carboxylic acid groups (broad SMARTS) is 1. The number of carboxylic acids is 1. The van der Waals surface area contributed by atoms with Crippen molar-refractivity contribution >= 4 is 27.8 Å². The fraction of sp³-hybridized carbons (Fsp3) is 0.462. The van der Waals surface area contributed by atoms with Gasteiger partial charge in [0.15, 0.2) is 0 Å². The van der Waals surface area contributed by atoms with Crippen LogP contribution in [0.5, 0.6) is 5.75 Å². The molecule has 1 saturated heterocycles. The minimum atomic E-state index is -3.80. The molecule has 0 spiro atoms. The average Bonchev–Trinajstić information content (AvgIpc) is 2.84. The van der Waals surface area contributed by atoms with E-state index in [9.17, 15) is 18.3 Å². The second-order valence-electron chi connectivity index (χ2n) is 5.21. The number of benzene rings is 1. The number of phenols is 1. The van der Waals surface area contributed by atoms with Gasteiger partial charge < -0.3 is 10.2 Å². The number of aromatic hydroxyl groups is 1. The molecule has 8 heteroatoms. The molecule has 1 fully saturated rings. The van der Waals surface area contributed by atoms with Crippen molar-refractivity contribution in [3.8, 4) is 5.75 Å². The molecule has 6 nitrogen and oxygen atoms in total. The Morgan fingerprint density at radius 3 is 2.76 bits per heavy atom. The Bertz CT molecular complexity index is 651. The Kier molecular flexibility index (Phi) is 4.50. The molecule has 2 rings (SSSR count). The molecule has 1 aliphatic heterocycles. The van der Waals surface area contributed by atoms with Crippen molar-refractivity contribution in [3.05, 3.63) is 23.8 Å². The predicted molar refractivity (Wildman–Crippen MR) is 80.4 cm³/mol. The molecule has 1 aliphatic rings. The first-order chi connectivity index (χ1) is 9.73. The average molecular weight is 331 g/mol. The molecule has 3 N–H and O–H groups in total. The quantitative estimate of drug-likeness (QED) is 0.758. The van der Waals surface area contributed by atoms with E-state index in [1.54, 1.807) is 11.8 Å². The number of hydrogen-bond donors (Lipinski definition) is 3. The highest BCUT2D eigenvalue weighted by Gasteiger charge is 2.31. The van der Waals surface area contributed by atoms with Gasteiger partial charge in [0.2, 0.25) is 10.0 Å². The molecule has 1 aromatic carbocycles. The summed E-state index contributed by atoms with van der Waals surface area (Å²) in [5, 5.41) is 18.3. The van der Waals surface area contributed by atoms with E-state index < -0.39 is 27.3 Å². The van der Waals surface area contributed by atoms with Gasteiger partial charge >= 0.3 is 5.97 Å². The number of nitrogens with one attached hydrogen (secondary N) is 1. The zero-order chi connectivity index (χ0) is 15.7. The van der Waals surface area contributed by atoms with Gasteiger partial charge in [-0.3, -0.25) is 0 Å². The SMILES string of the molecule is CC1(CNS(=O)(=O)c2ccc(O)c(C(=O)O)c2)CCCS1. The summed E-state index contributed by atoms with van der Waals surface area (Å²) in [4.78, 5) is 10.8. The third-order valence-electron chi connectivity index (χ3n) is 3.45. The van der Waals surface area contributed by atoms with E-state index in [2.05, 4.69) is 4.72 Å². The first-order valence-corrected chi connectivity index (χ1v) is 8.90. The summed E-state index contributed by atoms with van der Waals surface area (Å²) in [5.74, 6) is -0.816. The summed E-state index contributed by atoms with van der Waals surface area (Å²) in [6.45, 7) is 2.30. The van der Waals surface area contributed by atoms with Gasteiger partial charge in [-0.15, -0.1) is 0 Å². The third kappa shape index (κ3) is 3.69. The predicted octanol–water partition coefficient (Wildman–Crippen LogP) is 1.65. The summed E-state index contributed by atoms with van der Waals surface area (Å²) in [6, 6.07) is 3.22. The van der Waals surface area contributed by atoms with Crippen molar-refractivity contribution in [2.24, 2.45) is 0 Å². The van der Waals surface area contributed by atoms with Crippen molar-refractivity contribution in [1.82, 2.24) is 4.72 Å². The summed E-state index contributed by atoms with van der Waals surface area (Å²) >= 11 is 1.73. The fourth-order valence-corrected chi connectivity index (χ4v) is 4.69. The monoisotopic (exact) mass is 331 g/mol. The molecule has 0 amide bonds. The Hall–Kier alpha value is -1.25. The number of aromatic carboxylic acids is 1. The Balaban J connectivity index is 2.19. The molecule has 1 aromatic rings. The van der Waals surface area contributed by atoms with Crippen molar-refractivity contribution in [2.45, 2.75) is 29.4 Å². The van der Waals surface area contributed by atoms with Gasteiger partial charge in [0.1, 0.15) is 11.3 Å². The minimum absolute atomic E-state index is 0.125. The van der Waals surface area contributed by atoms with Gasteiger partial charge in [-0.25, -0.2) is 17.9 Å². The summed E-state index contributed by atoms with van der Waals surface area (Å²) < 4.78 is 26.8. The topological polar surface area (TPSA) is 104 Å². The van der Waals surface area contributed by atoms with Gasteiger partial charge in [0, 0.05) is 11.3 Å². The fourth-order valence-electron chi connectivity index (χ4n) is 2.16. The Morgan fingerprint density at radius 2 is 2.19 bits per heavy atom. The molecule has 0 aliphatic carbocycles. The second kappa shape index (κ2) is 5.86. The highest BCUT2D eigenvalue weighted by Crippen LogP contribution is 2.37. The van der Waals surface area contributed by atoms with E-state index in [0.29, 0.717) is 6.54 Å². The van der Waals surface area contributed by atoms with Gasteiger partial charge in [0.05, 0.1) is 4.90 Å². The molecule has 1 unspecified atom stereocenters. The second-order valence-corrected chi connectivity index (χ2v) is 8.66. The molecular weight excluding hydrogens is 314 g/mol. The Morgan fingerprint density at radius 1 is 1.48 bits per heavy atom. The third-order valence-corrected chi connectivity index (χ3v) is 6.38. The number of hydrogen-bond acceptors (Lipinski definition) is 5. The van der Waals surface area contributed by atoms with Gasteiger partial charge in [-0.2, -0.15) is 11.8 Å². The van der Waals surface area contributed by atoms with Crippen molar-refractivity contribution in [2.75, 3.05) is 12.3 Å². The lowest BCUT2D eigenvalue weighted by atomic mass is 10.1. The van der Waals surface area contributed by atoms with E-state index in [1.807, 2.05) is 6.92 Å². The lowest BCUT2D eigenvalue weighted by Crippen LogP contribution is -2.36. The first kappa shape index (κ1) is 16.1. The number of thioether (sulfide) groups is 1. The number of sulfonamides is 1. The van der Waals surface area contributed by atoms with E-state index in [1.165, 1.54) is 6.07 Å². The van der Waals surface area contributed by atoms with Crippen molar-refractivity contribution in [3.63, 3.8) is 0 Å². The van der Waals surface area contributed by atoms with Crippen LogP contribution in [0.25, 0.3) is 0 Å². The zero-order valence-corrected chi connectivity index (χ0v) is 13.1. The van der Waals surface area contributed by atoms with Crippen molar-refractivity contribution in [1.29, 1.82) is 0 Å². The normalized spacial score (nSPS) is 22.3. The van der Waals surface area contributed by atoms with Crippen LogP contribution in [0.1, 0.15) is 30.1 Å². The maximum Gasteiger partial charge on any atom is 0.339 e. The van der Waals surface area contributed by atoms with Gasteiger partial charge in [-0.05, 0) is 43.7 Å². The molecule has 0 saturated carbocycles. The summed E-state index contributed by atoms with van der Waals surface area (Å²) in [5.41, 5.74) is -0.431. The van der Waals surface area contributed by atoms with Crippen LogP contribution < -0.4 is 4.72 Å². The van der Waals surface area contributed by atoms with E-state index in [4.69, 9.17) is 5.11 Å². The molecule has 116 valence electrons. The lowest BCUT2D eigenvalue weighted by molar-refractivity contribution is 0.0693. The highest BCUT2D eigenvalue weighted by atomic mass is 32.2. The van der Waals surface area contributed by atoms with E-state index >= 15 is 0 Å². The van der Waals surface area contributed by atoms with Gasteiger partial charge in [-0.1, -0.05) is 0 Å².